The number of nitrogens with zero attached hydrogens (tertiary/aromatic N) is 2. The zero-order valence-electron chi connectivity index (χ0n) is 13.0. The summed E-state index contributed by atoms with van der Waals surface area (Å²) in [6.07, 6.45) is 1.23. The molecule has 118 valence electrons. The molecule has 0 atom stereocenters. The first-order chi connectivity index (χ1) is 9.74. The molecule has 1 saturated heterocycles. The van der Waals surface area contributed by atoms with Gasteiger partial charge < -0.3 is 10.6 Å². The maximum absolute atomic E-state index is 11.5. The first kappa shape index (κ1) is 16.3. The van der Waals surface area contributed by atoms with Crippen LogP contribution in [0.25, 0.3) is 0 Å². The molecule has 0 aliphatic carbocycles. The Morgan fingerprint density at radius 3 is 2.05 bits per heavy atom. The van der Waals surface area contributed by atoms with Gasteiger partial charge in [0.2, 0.25) is 0 Å². The van der Waals surface area contributed by atoms with Gasteiger partial charge in [0.1, 0.15) is 0 Å². The van der Waals surface area contributed by atoms with Crippen molar-refractivity contribution in [3.63, 3.8) is 0 Å². The molecule has 1 aliphatic heterocycles. The Bertz CT molecular complexity index is 573. The molecule has 6 heteroatoms. The van der Waals surface area contributed by atoms with E-state index in [1.807, 2.05) is 12.1 Å². The van der Waals surface area contributed by atoms with E-state index in [1.54, 1.807) is 12.1 Å². The van der Waals surface area contributed by atoms with Gasteiger partial charge in [-0.15, -0.1) is 0 Å². The summed E-state index contributed by atoms with van der Waals surface area (Å²) in [5.41, 5.74) is 6.94. The first-order valence-corrected chi connectivity index (χ1v) is 9.13. The highest BCUT2D eigenvalue weighted by Gasteiger charge is 2.28. The van der Waals surface area contributed by atoms with Crippen molar-refractivity contribution in [2.45, 2.75) is 24.3 Å². The molecule has 2 rings (SSSR count). The third-order valence-electron chi connectivity index (χ3n) is 4.27. The molecule has 0 aromatic heterocycles. The Hall–Kier alpha value is -1.11. The maximum atomic E-state index is 11.5. The summed E-state index contributed by atoms with van der Waals surface area (Å²) in [7, 11) is -3.12. The van der Waals surface area contributed by atoms with Gasteiger partial charge in [0.25, 0.3) is 0 Å². The van der Waals surface area contributed by atoms with Crippen LogP contribution in [-0.4, -0.2) is 57.8 Å². The summed E-state index contributed by atoms with van der Waals surface area (Å²) in [4.78, 5) is 5.07. The number of piperazine rings is 1. The SMILES string of the molecule is CC(C)(CN)N1CCN(c2ccc(S(C)(=O)=O)cc2)CC1. The highest BCUT2D eigenvalue weighted by Crippen LogP contribution is 2.22. The second-order valence-corrected chi connectivity index (χ2v) is 8.27. The minimum absolute atomic E-state index is 0.0340. The zero-order valence-corrected chi connectivity index (χ0v) is 13.9. The van der Waals surface area contributed by atoms with E-state index in [4.69, 9.17) is 5.73 Å². The Labute approximate surface area is 127 Å². The fourth-order valence-electron chi connectivity index (χ4n) is 2.60. The van der Waals surface area contributed by atoms with E-state index in [1.165, 1.54) is 6.26 Å². The van der Waals surface area contributed by atoms with Gasteiger partial charge in [-0.05, 0) is 38.1 Å². The largest absolute Gasteiger partial charge is 0.369 e. The number of rotatable bonds is 4. The summed E-state index contributed by atoms with van der Waals surface area (Å²) in [5.74, 6) is 0. The van der Waals surface area contributed by atoms with Crippen molar-refractivity contribution >= 4 is 15.5 Å². The normalized spacial score (nSPS) is 18.0. The van der Waals surface area contributed by atoms with Gasteiger partial charge in [-0.2, -0.15) is 0 Å². The van der Waals surface area contributed by atoms with Crippen LogP contribution in [-0.2, 0) is 9.84 Å². The number of anilines is 1. The second-order valence-electron chi connectivity index (χ2n) is 6.26. The van der Waals surface area contributed by atoms with Gasteiger partial charge in [0.05, 0.1) is 4.90 Å². The standard InChI is InChI=1S/C15H25N3O2S/c1-15(2,12-16)18-10-8-17(9-11-18)13-4-6-14(7-5-13)21(3,19)20/h4-7H,8-12,16H2,1-3H3. The minimum Gasteiger partial charge on any atom is -0.369 e. The van der Waals surface area contributed by atoms with Crippen LogP contribution in [0.2, 0.25) is 0 Å². The third-order valence-corrected chi connectivity index (χ3v) is 5.39. The van der Waals surface area contributed by atoms with Crippen LogP contribution in [0, 0.1) is 0 Å². The second kappa shape index (κ2) is 5.94. The van der Waals surface area contributed by atoms with E-state index in [0.717, 1.165) is 31.9 Å². The first-order valence-electron chi connectivity index (χ1n) is 7.24. The van der Waals surface area contributed by atoms with E-state index >= 15 is 0 Å². The molecular weight excluding hydrogens is 286 g/mol. The summed E-state index contributed by atoms with van der Waals surface area (Å²) in [6, 6.07) is 7.14. The molecule has 0 saturated carbocycles. The summed E-state index contributed by atoms with van der Waals surface area (Å²) < 4.78 is 22.9. The summed E-state index contributed by atoms with van der Waals surface area (Å²) in [5, 5.41) is 0. The van der Waals surface area contributed by atoms with E-state index in [9.17, 15) is 8.42 Å². The molecule has 1 heterocycles. The van der Waals surface area contributed by atoms with Crippen LogP contribution in [0.5, 0.6) is 0 Å². The molecule has 21 heavy (non-hydrogen) atoms. The van der Waals surface area contributed by atoms with Crippen molar-refractivity contribution in [2.75, 3.05) is 43.9 Å². The lowest BCUT2D eigenvalue weighted by Crippen LogP contribution is -2.57. The average molecular weight is 311 g/mol. The Morgan fingerprint density at radius 2 is 1.62 bits per heavy atom. The van der Waals surface area contributed by atoms with Crippen molar-refractivity contribution < 1.29 is 8.42 Å². The topological polar surface area (TPSA) is 66.6 Å². The van der Waals surface area contributed by atoms with Crippen LogP contribution in [0.15, 0.2) is 29.2 Å². The van der Waals surface area contributed by atoms with Gasteiger partial charge in [0.15, 0.2) is 9.84 Å². The molecule has 0 spiro atoms. The predicted molar refractivity (Wildman–Crippen MR) is 86.5 cm³/mol. The van der Waals surface area contributed by atoms with E-state index < -0.39 is 9.84 Å². The van der Waals surface area contributed by atoms with Crippen molar-refractivity contribution in [1.29, 1.82) is 0 Å². The van der Waals surface area contributed by atoms with Crippen LogP contribution in [0.3, 0.4) is 0 Å². The van der Waals surface area contributed by atoms with Gasteiger partial charge >= 0.3 is 0 Å². The Balaban J connectivity index is 2.03. The van der Waals surface area contributed by atoms with Gasteiger partial charge in [-0.1, -0.05) is 0 Å². The molecule has 0 unspecified atom stereocenters. The Kier molecular flexibility index (Phi) is 4.60. The lowest BCUT2D eigenvalue weighted by atomic mass is 10.0. The van der Waals surface area contributed by atoms with Crippen molar-refractivity contribution in [1.82, 2.24) is 4.90 Å². The molecule has 1 aromatic carbocycles. The molecule has 2 N–H and O–H groups in total. The van der Waals surface area contributed by atoms with Crippen molar-refractivity contribution in [3.05, 3.63) is 24.3 Å². The number of nitrogens with two attached hydrogens (primary N) is 1. The maximum Gasteiger partial charge on any atom is 0.175 e. The van der Waals surface area contributed by atoms with Crippen LogP contribution < -0.4 is 10.6 Å². The average Bonchev–Trinajstić information content (AvgIpc) is 2.47. The molecule has 0 amide bonds. The fraction of sp³-hybridized carbons (Fsp3) is 0.600. The molecule has 0 bridgehead atoms. The van der Waals surface area contributed by atoms with Crippen LogP contribution in [0.4, 0.5) is 5.69 Å². The molecule has 1 fully saturated rings. The smallest absolute Gasteiger partial charge is 0.175 e. The van der Waals surface area contributed by atoms with E-state index in [-0.39, 0.29) is 5.54 Å². The quantitative estimate of drug-likeness (QED) is 0.897. The fourth-order valence-corrected chi connectivity index (χ4v) is 3.23. The Morgan fingerprint density at radius 1 is 1.10 bits per heavy atom. The van der Waals surface area contributed by atoms with Gasteiger partial charge in [-0.3, -0.25) is 4.90 Å². The molecule has 0 radical (unpaired) electrons. The lowest BCUT2D eigenvalue weighted by Gasteiger charge is -2.44. The predicted octanol–water partition coefficient (Wildman–Crippen LogP) is 0.949. The van der Waals surface area contributed by atoms with Crippen LogP contribution >= 0.6 is 0 Å². The minimum atomic E-state index is -3.12. The highest BCUT2D eigenvalue weighted by atomic mass is 32.2. The number of hydrogen-bond donors (Lipinski definition) is 1. The molecule has 1 aliphatic rings. The van der Waals surface area contributed by atoms with Crippen molar-refractivity contribution in [2.24, 2.45) is 5.73 Å². The number of benzene rings is 1. The van der Waals surface area contributed by atoms with Crippen LogP contribution in [0.1, 0.15) is 13.8 Å². The molecule has 5 nitrogen and oxygen atoms in total. The third kappa shape index (κ3) is 3.75. The van der Waals surface area contributed by atoms with E-state index in [0.29, 0.717) is 11.4 Å². The monoisotopic (exact) mass is 311 g/mol. The number of sulfone groups is 1. The number of hydrogen-bond acceptors (Lipinski definition) is 5. The zero-order chi connectivity index (χ0) is 15.7. The molecule has 1 aromatic rings. The lowest BCUT2D eigenvalue weighted by molar-refractivity contribution is 0.119. The summed E-state index contributed by atoms with van der Waals surface area (Å²) >= 11 is 0. The highest BCUT2D eigenvalue weighted by molar-refractivity contribution is 7.90. The summed E-state index contributed by atoms with van der Waals surface area (Å²) in [6.45, 7) is 8.79. The van der Waals surface area contributed by atoms with Gasteiger partial charge in [0, 0.05) is 50.2 Å². The van der Waals surface area contributed by atoms with E-state index in [2.05, 4.69) is 23.6 Å². The molecular formula is C15H25N3O2S. The van der Waals surface area contributed by atoms with Crippen molar-refractivity contribution in [3.8, 4) is 0 Å². The van der Waals surface area contributed by atoms with Gasteiger partial charge in [-0.25, -0.2) is 8.42 Å².